The second-order valence-corrected chi connectivity index (χ2v) is 7.28. The average molecular weight is 342 g/mol. The van der Waals surface area contributed by atoms with Gasteiger partial charge in [0.15, 0.2) is 5.16 Å². The smallest absolute Gasteiger partial charge is 0.168 e. The number of nitriles is 1. The first-order chi connectivity index (χ1) is 11.1. The van der Waals surface area contributed by atoms with Crippen LogP contribution < -0.4 is 0 Å². The van der Waals surface area contributed by atoms with Crippen molar-refractivity contribution in [2.45, 2.75) is 17.3 Å². The number of para-hydroxylation sites is 1. The van der Waals surface area contributed by atoms with Gasteiger partial charge in [0.2, 0.25) is 0 Å². The van der Waals surface area contributed by atoms with Crippen molar-refractivity contribution in [3.8, 4) is 6.07 Å². The van der Waals surface area contributed by atoms with Gasteiger partial charge < -0.3 is 9.67 Å². The molecule has 2 aromatic heterocycles. The Morgan fingerprint density at radius 2 is 2.22 bits per heavy atom. The van der Waals surface area contributed by atoms with Crippen molar-refractivity contribution in [2.24, 2.45) is 7.05 Å². The van der Waals surface area contributed by atoms with Crippen LogP contribution in [0.2, 0.25) is 0 Å². The fourth-order valence-electron chi connectivity index (χ4n) is 2.08. The van der Waals surface area contributed by atoms with Crippen LogP contribution in [0.5, 0.6) is 0 Å². The fourth-order valence-corrected chi connectivity index (χ4v) is 3.94. The number of hydrogen-bond acceptors (Lipinski definition) is 6. The van der Waals surface area contributed by atoms with Gasteiger partial charge >= 0.3 is 0 Å². The van der Waals surface area contributed by atoms with E-state index in [9.17, 15) is 10.4 Å². The van der Waals surface area contributed by atoms with Crippen molar-refractivity contribution >= 4 is 38.9 Å². The Balaban J connectivity index is 1.95. The Labute approximate surface area is 141 Å². The van der Waals surface area contributed by atoms with E-state index in [2.05, 4.69) is 16.0 Å². The van der Waals surface area contributed by atoms with E-state index < -0.39 is 0 Å². The normalized spacial score (nSPS) is 13.6. The number of aliphatic hydroxyl groups excluding tert-OH is 1. The monoisotopic (exact) mass is 342 g/mol. The number of rotatable bonds is 4. The van der Waals surface area contributed by atoms with Crippen LogP contribution in [0.3, 0.4) is 0 Å². The third kappa shape index (κ3) is 3.09. The molecule has 0 amide bonds. The molecule has 1 N–H and O–H groups in total. The van der Waals surface area contributed by atoms with Crippen molar-refractivity contribution in [1.82, 2.24) is 14.5 Å². The molecule has 0 saturated heterocycles. The molecule has 2 heterocycles. The lowest BCUT2D eigenvalue weighted by molar-refractivity contribution is 0.402. The first-order valence-electron chi connectivity index (χ1n) is 6.93. The highest BCUT2D eigenvalue weighted by Gasteiger charge is 2.20. The number of thioether (sulfide) groups is 1. The highest BCUT2D eigenvalue weighted by Crippen LogP contribution is 2.32. The summed E-state index contributed by atoms with van der Waals surface area (Å²) in [6.45, 7) is 1.85. The van der Waals surface area contributed by atoms with Crippen molar-refractivity contribution in [1.29, 1.82) is 5.26 Å². The molecule has 116 valence electrons. The quantitative estimate of drug-likeness (QED) is 0.440. The largest absolute Gasteiger partial charge is 0.510 e. The zero-order chi connectivity index (χ0) is 16.4. The van der Waals surface area contributed by atoms with Gasteiger partial charge in [-0.3, -0.25) is 0 Å². The number of aryl methyl sites for hydroxylation is 1. The molecule has 0 aliphatic carbocycles. The number of benzene rings is 1. The van der Waals surface area contributed by atoms with E-state index >= 15 is 0 Å². The minimum Gasteiger partial charge on any atom is -0.510 e. The number of aliphatic hydroxyl groups is 1. The van der Waals surface area contributed by atoms with E-state index in [4.69, 9.17) is 0 Å². The molecule has 0 saturated carbocycles. The summed E-state index contributed by atoms with van der Waals surface area (Å²) in [5.74, 6) is 0.0274. The topological polar surface area (TPSA) is 74.7 Å². The lowest BCUT2D eigenvalue weighted by Crippen LogP contribution is -2.05. The van der Waals surface area contributed by atoms with E-state index in [0.29, 0.717) is 5.01 Å². The SMILES string of the molecule is C[C@@H](Sc1nccn1C)C(O)=C(C#N)c1nc2ccccc2s1. The van der Waals surface area contributed by atoms with Crippen LogP contribution in [-0.4, -0.2) is 24.9 Å². The Bertz CT molecular complexity index is 886. The molecule has 0 fully saturated rings. The maximum absolute atomic E-state index is 10.5. The minimum absolute atomic E-state index is 0.0274. The van der Waals surface area contributed by atoms with E-state index in [1.54, 1.807) is 6.20 Å². The van der Waals surface area contributed by atoms with E-state index in [1.165, 1.54) is 23.1 Å². The molecular weight excluding hydrogens is 328 g/mol. The number of imidazole rings is 1. The van der Waals surface area contributed by atoms with Crippen molar-refractivity contribution < 1.29 is 5.11 Å². The van der Waals surface area contributed by atoms with Crippen molar-refractivity contribution in [3.05, 3.63) is 47.4 Å². The van der Waals surface area contributed by atoms with Gasteiger partial charge in [0.1, 0.15) is 22.4 Å². The maximum Gasteiger partial charge on any atom is 0.168 e. The third-order valence-electron chi connectivity index (χ3n) is 3.32. The van der Waals surface area contributed by atoms with Gasteiger partial charge in [-0.25, -0.2) is 9.97 Å². The predicted octanol–water partition coefficient (Wildman–Crippen LogP) is 4.00. The van der Waals surface area contributed by atoms with Gasteiger partial charge in [-0.15, -0.1) is 11.3 Å². The number of fused-ring (bicyclic) bond motifs is 1. The Hall–Kier alpha value is -2.30. The molecule has 0 bridgehead atoms. The maximum atomic E-state index is 10.5. The molecule has 23 heavy (non-hydrogen) atoms. The number of thiazole rings is 1. The summed E-state index contributed by atoms with van der Waals surface area (Å²) in [5.41, 5.74) is 1.05. The molecular formula is C16H14N4OS2. The van der Waals surface area contributed by atoms with Crippen LogP contribution in [0.25, 0.3) is 15.8 Å². The molecule has 1 atom stereocenters. The molecule has 0 radical (unpaired) electrons. The Morgan fingerprint density at radius 3 is 2.87 bits per heavy atom. The van der Waals surface area contributed by atoms with Crippen LogP contribution in [0.4, 0.5) is 0 Å². The molecule has 3 aromatic rings. The first kappa shape index (κ1) is 15.6. The zero-order valence-corrected chi connectivity index (χ0v) is 14.2. The Kier molecular flexibility index (Phi) is 4.37. The van der Waals surface area contributed by atoms with E-state index in [1.807, 2.05) is 49.0 Å². The summed E-state index contributed by atoms with van der Waals surface area (Å²) >= 11 is 2.81. The van der Waals surface area contributed by atoms with Crippen LogP contribution >= 0.6 is 23.1 Å². The summed E-state index contributed by atoms with van der Waals surface area (Å²) in [7, 11) is 1.89. The molecule has 0 aliphatic rings. The summed E-state index contributed by atoms with van der Waals surface area (Å²) in [6.07, 6.45) is 3.54. The summed E-state index contributed by atoms with van der Waals surface area (Å²) in [6, 6.07) is 9.77. The van der Waals surface area contributed by atoms with Gasteiger partial charge in [0, 0.05) is 19.4 Å². The van der Waals surface area contributed by atoms with Gasteiger partial charge in [-0.05, 0) is 19.1 Å². The molecule has 7 heteroatoms. The molecule has 3 rings (SSSR count). The molecule has 0 aliphatic heterocycles. The highest BCUT2D eigenvalue weighted by atomic mass is 32.2. The predicted molar refractivity (Wildman–Crippen MR) is 93.3 cm³/mol. The first-order valence-corrected chi connectivity index (χ1v) is 8.63. The molecule has 0 unspecified atom stereocenters. The van der Waals surface area contributed by atoms with Crippen molar-refractivity contribution in [2.75, 3.05) is 0 Å². The highest BCUT2D eigenvalue weighted by molar-refractivity contribution is 7.99. The lowest BCUT2D eigenvalue weighted by Gasteiger charge is -2.11. The minimum atomic E-state index is -0.294. The molecule has 0 spiro atoms. The summed E-state index contributed by atoms with van der Waals surface area (Å²) in [5, 5.41) is 21.0. The Morgan fingerprint density at radius 1 is 1.43 bits per heavy atom. The summed E-state index contributed by atoms with van der Waals surface area (Å²) < 4.78 is 2.87. The van der Waals surface area contributed by atoms with E-state index in [-0.39, 0.29) is 16.6 Å². The van der Waals surface area contributed by atoms with Gasteiger partial charge in [-0.2, -0.15) is 5.26 Å². The third-order valence-corrected chi connectivity index (χ3v) is 5.55. The van der Waals surface area contributed by atoms with Crippen LogP contribution in [0.15, 0.2) is 47.6 Å². The second-order valence-electron chi connectivity index (χ2n) is 4.94. The zero-order valence-electron chi connectivity index (χ0n) is 12.6. The molecule has 5 nitrogen and oxygen atoms in total. The standard InChI is InChI=1S/C16H14N4OS2/c1-10(22-16-18-7-8-20(16)2)14(21)11(9-17)15-19-12-5-3-4-6-13(12)23-15/h3-8,10,21H,1-2H3/t10-/m1/s1. The fraction of sp³-hybridized carbons (Fsp3) is 0.188. The second kappa shape index (κ2) is 6.44. The van der Waals surface area contributed by atoms with Crippen LogP contribution in [0.1, 0.15) is 11.9 Å². The number of hydrogen-bond donors (Lipinski definition) is 1. The van der Waals surface area contributed by atoms with Crippen molar-refractivity contribution in [3.63, 3.8) is 0 Å². The molecule has 1 aromatic carbocycles. The number of aromatic nitrogens is 3. The van der Waals surface area contributed by atoms with Crippen LogP contribution in [0, 0.1) is 11.3 Å². The number of allylic oxidation sites excluding steroid dienone is 1. The van der Waals surface area contributed by atoms with Gasteiger partial charge in [0.25, 0.3) is 0 Å². The average Bonchev–Trinajstić information content (AvgIpc) is 3.14. The summed E-state index contributed by atoms with van der Waals surface area (Å²) in [4.78, 5) is 8.68. The lowest BCUT2D eigenvalue weighted by atomic mass is 10.2. The number of nitrogens with zero attached hydrogens (tertiary/aromatic N) is 4. The van der Waals surface area contributed by atoms with Gasteiger partial charge in [0.05, 0.1) is 15.5 Å². The van der Waals surface area contributed by atoms with Gasteiger partial charge in [-0.1, -0.05) is 23.9 Å². The van der Waals surface area contributed by atoms with Crippen LogP contribution in [-0.2, 0) is 7.05 Å². The van der Waals surface area contributed by atoms with E-state index in [0.717, 1.165) is 15.4 Å².